The van der Waals surface area contributed by atoms with E-state index in [1.54, 1.807) is 17.1 Å². The van der Waals surface area contributed by atoms with Crippen molar-refractivity contribution in [2.75, 3.05) is 5.32 Å². The number of carbonyl (C=O) groups excluding carboxylic acids is 1. The molecular weight excluding hydrogens is 388 g/mol. The lowest BCUT2D eigenvalue weighted by Gasteiger charge is -2.15. The zero-order valence-corrected chi connectivity index (χ0v) is 16.9. The molecule has 0 saturated carbocycles. The number of para-hydroxylation sites is 1. The molecule has 5 aromatic rings. The molecule has 0 aliphatic carbocycles. The Morgan fingerprint density at radius 1 is 1.00 bits per heavy atom. The van der Waals surface area contributed by atoms with Crippen LogP contribution >= 0.6 is 0 Å². The summed E-state index contributed by atoms with van der Waals surface area (Å²) in [4.78, 5) is 18.2. The second kappa shape index (κ2) is 7.91. The van der Waals surface area contributed by atoms with Crippen molar-refractivity contribution in [1.82, 2.24) is 14.8 Å². The molecule has 0 bridgehead atoms. The Kier molecular flexibility index (Phi) is 4.80. The highest BCUT2D eigenvalue weighted by atomic mass is 16.3. The van der Waals surface area contributed by atoms with Gasteiger partial charge in [0.1, 0.15) is 12.3 Å². The molecule has 0 radical (unpaired) electrons. The van der Waals surface area contributed by atoms with Gasteiger partial charge in [0.2, 0.25) is 0 Å². The van der Waals surface area contributed by atoms with Crippen molar-refractivity contribution in [1.29, 1.82) is 0 Å². The van der Waals surface area contributed by atoms with Gasteiger partial charge in [-0.3, -0.25) is 4.79 Å². The molecule has 0 atom stereocenters. The predicted molar refractivity (Wildman–Crippen MR) is 120 cm³/mol. The Balaban J connectivity index is 1.69. The van der Waals surface area contributed by atoms with E-state index in [2.05, 4.69) is 10.4 Å². The lowest BCUT2D eigenvalue weighted by molar-refractivity contribution is 0.103. The van der Waals surface area contributed by atoms with E-state index in [0.717, 1.165) is 16.8 Å². The molecule has 1 N–H and O–H groups in total. The summed E-state index contributed by atoms with van der Waals surface area (Å²) in [6, 6.07) is 22.8. The number of carbonyl (C=O) groups is 1. The third-order valence-corrected chi connectivity index (χ3v) is 5.16. The monoisotopic (exact) mass is 408 g/mol. The number of hydrogen-bond acceptors (Lipinski definition) is 5. The van der Waals surface area contributed by atoms with Crippen molar-refractivity contribution in [2.24, 2.45) is 0 Å². The number of anilines is 2. The van der Waals surface area contributed by atoms with Crippen LogP contribution in [0.4, 0.5) is 11.4 Å². The average molecular weight is 408 g/mol. The van der Waals surface area contributed by atoms with Crippen LogP contribution in [-0.2, 0) is 6.54 Å². The topological polar surface area (TPSA) is 73.0 Å². The van der Waals surface area contributed by atoms with Crippen molar-refractivity contribution in [3.63, 3.8) is 0 Å². The predicted octanol–water partition coefficient (Wildman–Crippen LogP) is 5.36. The molecule has 0 spiro atoms. The first-order valence-electron chi connectivity index (χ1n) is 10.0. The summed E-state index contributed by atoms with van der Waals surface area (Å²) >= 11 is 0. The van der Waals surface area contributed by atoms with Gasteiger partial charge < -0.3 is 9.73 Å². The molecule has 152 valence electrons. The Bertz CT molecular complexity index is 1340. The smallest absolute Gasteiger partial charge is 0.196 e. The normalized spacial score (nSPS) is 11.0. The van der Waals surface area contributed by atoms with E-state index in [-0.39, 0.29) is 5.78 Å². The highest BCUT2D eigenvalue weighted by molar-refractivity contribution is 6.17. The lowest BCUT2D eigenvalue weighted by Crippen LogP contribution is -2.11. The number of aryl methyl sites for hydroxylation is 1. The standard InChI is InChI=1S/C25H20N4O2/c1-17-22(24(30)18-9-4-2-5-10-18)23(28-19-11-6-3-7-12-19)21-15-26-29(25(21)27-17)16-20-13-8-14-31-20/h2-15H,16H2,1H3,(H,27,28). The van der Waals surface area contributed by atoms with Gasteiger partial charge in [0.05, 0.1) is 34.8 Å². The maximum Gasteiger partial charge on any atom is 0.196 e. The summed E-state index contributed by atoms with van der Waals surface area (Å²) in [5, 5.41) is 8.75. The Labute approximate surface area is 179 Å². The number of fused-ring (bicyclic) bond motifs is 1. The van der Waals surface area contributed by atoms with Gasteiger partial charge in [0.15, 0.2) is 11.4 Å². The number of ketones is 1. The fourth-order valence-electron chi connectivity index (χ4n) is 3.68. The fourth-order valence-corrected chi connectivity index (χ4v) is 3.68. The van der Waals surface area contributed by atoms with Gasteiger partial charge in [-0.25, -0.2) is 9.67 Å². The first-order valence-corrected chi connectivity index (χ1v) is 10.0. The van der Waals surface area contributed by atoms with Crippen LogP contribution in [0, 0.1) is 6.92 Å². The van der Waals surface area contributed by atoms with E-state index in [0.29, 0.717) is 34.7 Å². The Hall–Kier alpha value is -4.19. The van der Waals surface area contributed by atoms with Crippen molar-refractivity contribution >= 4 is 28.2 Å². The van der Waals surface area contributed by atoms with Crippen molar-refractivity contribution < 1.29 is 9.21 Å². The Morgan fingerprint density at radius 3 is 2.45 bits per heavy atom. The molecular formula is C25H20N4O2. The van der Waals surface area contributed by atoms with Crippen molar-refractivity contribution in [3.8, 4) is 0 Å². The lowest BCUT2D eigenvalue weighted by atomic mass is 9.99. The molecule has 0 aliphatic heterocycles. The number of nitrogens with zero attached hydrogens (tertiary/aromatic N) is 3. The average Bonchev–Trinajstić information content (AvgIpc) is 3.45. The van der Waals surface area contributed by atoms with E-state index in [1.165, 1.54) is 0 Å². The van der Waals surface area contributed by atoms with Gasteiger partial charge in [0.25, 0.3) is 0 Å². The molecule has 6 heteroatoms. The number of hydrogen-bond donors (Lipinski definition) is 1. The maximum absolute atomic E-state index is 13.5. The number of benzene rings is 2. The van der Waals surface area contributed by atoms with Crippen LogP contribution in [0.2, 0.25) is 0 Å². The SMILES string of the molecule is Cc1nc2c(cnn2Cc2ccco2)c(Nc2ccccc2)c1C(=O)c1ccccc1. The van der Waals surface area contributed by atoms with Crippen LogP contribution in [0.25, 0.3) is 11.0 Å². The zero-order chi connectivity index (χ0) is 21.2. The van der Waals surface area contributed by atoms with E-state index in [4.69, 9.17) is 9.40 Å². The maximum atomic E-state index is 13.5. The van der Waals surface area contributed by atoms with Crippen molar-refractivity contribution in [2.45, 2.75) is 13.5 Å². The molecule has 0 unspecified atom stereocenters. The van der Waals surface area contributed by atoms with Crippen LogP contribution in [0.3, 0.4) is 0 Å². The minimum Gasteiger partial charge on any atom is -0.467 e. The van der Waals surface area contributed by atoms with Gasteiger partial charge in [-0.05, 0) is 31.2 Å². The van der Waals surface area contributed by atoms with Crippen LogP contribution in [0.1, 0.15) is 27.4 Å². The number of furan rings is 1. The number of nitrogens with one attached hydrogen (secondary N) is 1. The van der Waals surface area contributed by atoms with Gasteiger partial charge in [0, 0.05) is 11.3 Å². The van der Waals surface area contributed by atoms with E-state index < -0.39 is 0 Å². The summed E-state index contributed by atoms with van der Waals surface area (Å²) in [7, 11) is 0. The molecule has 0 aliphatic rings. The fraction of sp³-hybridized carbons (Fsp3) is 0.0800. The number of pyridine rings is 1. The summed E-state index contributed by atoms with van der Waals surface area (Å²) < 4.78 is 7.26. The summed E-state index contributed by atoms with van der Waals surface area (Å²) in [6.07, 6.45) is 3.39. The van der Waals surface area contributed by atoms with Gasteiger partial charge in [-0.15, -0.1) is 0 Å². The second-order valence-corrected chi connectivity index (χ2v) is 7.25. The van der Waals surface area contributed by atoms with Gasteiger partial charge in [-0.2, -0.15) is 5.10 Å². The largest absolute Gasteiger partial charge is 0.467 e. The third-order valence-electron chi connectivity index (χ3n) is 5.16. The van der Waals surface area contributed by atoms with Crippen molar-refractivity contribution in [3.05, 3.63) is 108 Å². The summed E-state index contributed by atoms with van der Waals surface area (Å²) in [5.41, 5.74) is 4.08. The van der Waals surface area contributed by atoms with Gasteiger partial charge >= 0.3 is 0 Å². The quantitative estimate of drug-likeness (QED) is 0.383. The Morgan fingerprint density at radius 2 is 1.74 bits per heavy atom. The van der Waals surface area contributed by atoms with Crippen LogP contribution in [0.5, 0.6) is 0 Å². The third kappa shape index (κ3) is 3.59. The van der Waals surface area contributed by atoms with Gasteiger partial charge in [-0.1, -0.05) is 48.5 Å². The van der Waals surface area contributed by atoms with Crippen LogP contribution in [0.15, 0.2) is 89.7 Å². The molecule has 2 aromatic carbocycles. The summed E-state index contributed by atoms with van der Waals surface area (Å²) in [5.74, 6) is 0.705. The molecule has 0 fully saturated rings. The first-order chi connectivity index (χ1) is 15.2. The highest BCUT2D eigenvalue weighted by Crippen LogP contribution is 2.33. The van der Waals surface area contributed by atoms with E-state index >= 15 is 0 Å². The molecule has 0 amide bonds. The molecule has 31 heavy (non-hydrogen) atoms. The molecule has 3 heterocycles. The molecule has 0 saturated heterocycles. The minimum absolute atomic E-state index is 0.0790. The number of rotatable bonds is 6. The molecule has 3 aromatic heterocycles. The highest BCUT2D eigenvalue weighted by Gasteiger charge is 2.23. The molecule has 5 rings (SSSR count). The second-order valence-electron chi connectivity index (χ2n) is 7.25. The number of aromatic nitrogens is 3. The zero-order valence-electron chi connectivity index (χ0n) is 16.9. The summed E-state index contributed by atoms with van der Waals surface area (Å²) in [6.45, 7) is 2.32. The first kappa shape index (κ1) is 18.8. The van der Waals surface area contributed by atoms with Crippen LogP contribution in [-0.4, -0.2) is 20.5 Å². The van der Waals surface area contributed by atoms with Crippen LogP contribution < -0.4 is 5.32 Å². The van der Waals surface area contributed by atoms with E-state index in [1.807, 2.05) is 79.7 Å². The molecule has 6 nitrogen and oxygen atoms in total. The minimum atomic E-state index is -0.0790. The van der Waals surface area contributed by atoms with E-state index in [9.17, 15) is 4.79 Å².